The summed E-state index contributed by atoms with van der Waals surface area (Å²) in [5.41, 5.74) is 0. The molecule has 1 rings (SSSR count). The van der Waals surface area contributed by atoms with Crippen LogP contribution in [0.1, 0.15) is 119 Å². The Kier molecular flexibility index (Phi) is 23.8. The Morgan fingerprint density at radius 3 is 2.02 bits per heavy atom. The SMILES string of the molecule is CCCCCCCCCC[C@H]1OC(=O)CNC(=O)[C@H](COCCO)NC(=O)[C@H](CO)NC(=O)[C@H]([C@@H](C)CC)NC(=O)[C@H](CCC(C)C)N(C)C(=O)[C@@H]1C. The van der Waals surface area contributed by atoms with E-state index in [0.29, 0.717) is 32.1 Å². The first-order chi connectivity index (χ1) is 25.2. The third-order valence-corrected chi connectivity index (χ3v) is 9.88. The molecule has 5 amide bonds. The molecule has 0 aromatic carbocycles. The molecule has 1 aliphatic heterocycles. The van der Waals surface area contributed by atoms with Gasteiger partial charge in [-0.05, 0) is 37.5 Å². The monoisotopic (exact) mass is 756 g/mol. The Balaban J connectivity index is 3.54. The van der Waals surface area contributed by atoms with Gasteiger partial charge in [0.1, 0.15) is 36.8 Å². The number of unbranched alkanes of at least 4 members (excludes halogenated alkanes) is 7. The summed E-state index contributed by atoms with van der Waals surface area (Å²) < 4.78 is 11.1. The molecular formula is C38H69N5O10. The van der Waals surface area contributed by atoms with Crippen molar-refractivity contribution in [2.45, 2.75) is 149 Å². The molecule has 306 valence electrons. The third-order valence-electron chi connectivity index (χ3n) is 9.88. The van der Waals surface area contributed by atoms with Gasteiger partial charge in [0, 0.05) is 7.05 Å². The number of hydrogen-bond acceptors (Lipinski definition) is 10. The van der Waals surface area contributed by atoms with Gasteiger partial charge in [-0.25, -0.2) is 0 Å². The molecule has 15 nitrogen and oxygen atoms in total. The molecule has 7 atom stereocenters. The third kappa shape index (κ3) is 17.6. The van der Waals surface area contributed by atoms with Crippen molar-refractivity contribution in [3.63, 3.8) is 0 Å². The van der Waals surface area contributed by atoms with E-state index in [-0.39, 0.29) is 25.7 Å². The van der Waals surface area contributed by atoms with Gasteiger partial charge in [-0.2, -0.15) is 0 Å². The van der Waals surface area contributed by atoms with Crippen LogP contribution in [0.4, 0.5) is 0 Å². The minimum atomic E-state index is -1.51. The number of carbonyl (C=O) groups is 6. The van der Waals surface area contributed by atoms with E-state index < -0.39 is 90.8 Å². The highest BCUT2D eigenvalue weighted by molar-refractivity contribution is 5.96. The van der Waals surface area contributed by atoms with Crippen molar-refractivity contribution in [3.8, 4) is 0 Å². The quantitative estimate of drug-likeness (QED) is 0.0833. The fourth-order valence-electron chi connectivity index (χ4n) is 6.14. The van der Waals surface area contributed by atoms with Crippen LogP contribution in [0.15, 0.2) is 0 Å². The van der Waals surface area contributed by atoms with Crippen LogP contribution in [-0.2, 0) is 38.2 Å². The number of nitrogens with one attached hydrogen (secondary N) is 4. The highest BCUT2D eigenvalue weighted by Crippen LogP contribution is 2.22. The van der Waals surface area contributed by atoms with Gasteiger partial charge in [-0.3, -0.25) is 28.8 Å². The Labute approximate surface area is 316 Å². The van der Waals surface area contributed by atoms with E-state index in [2.05, 4.69) is 28.2 Å². The summed E-state index contributed by atoms with van der Waals surface area (Å²) in [6, 6.07) is -4.96. The van der Waals surface area contributed by atoms with E-state index in [1.165, 1.54) is 31.2 Å². The topological polar surface area (TPSA) is 213 Å². The molecule has 0 aliphatic carbocycles. The van der Waals surface area contributed by atoms with Crippen LogP contribution in [0.25, 0.3) is 0 Å². The summed E-state index contributed by atoms with van der Waals surface area (Å²) >= 11 is 0. The average Bonchev–Trinajstić information content (AvgIpc) is 3.13. The first kappa shape index (κ1) is 47.7. The van der Waals surface area contributed by atoms with E-state index in [9.17, 15) is 33.9 Å². The summed E-state index contributed by atoms with van der Waals surface area (Å²) in [4.78, 5) is 82.8. The van der Waals surface area contributed by atoms with Gasteiger partial charge >= 0.3 is 5.97 Å². The van der Waals surface area contributed by atoms with Crippen molar-refractivity contribution in [1.82, 2.24) is 26.2 Å². The molecule has 0 spiro atoms. The molecule has 0 radical (unpaired) electrons. The first-order valence-electron chi connectivity index (χ1n) is 19.7. The maximum Gasteiger partial charge on any atom is 0.325 e. The largest absolute Gasteiger partial charge is 0.460 e. The standard InChI is InChI=1S/C38H69N5O10/c1-8-10-11-12-13-14-15-16-17-31-27(6)38(51)43(7)30(19-18-25(3)4)36(49)42-33(26(5)9-2)37(50)40-28(23-45)35(48)41-29(24-52-21-20-44)34(47)39-22-32(46)53-31/h25-31,33,44-45H,8-24H2,1-7H3,(H,39,47)(H,40,50)(H,41,48)(H,42,49)/t26-,27+,28-,29-,30-,31+,33-/m0/s1. The average molecular weight is 756 g/mol. The lowest BCUT2D eigenvalue weighted by atomic mass is 9.94. The predicted octanol–water partition coefficient (Wildman–Crippen LogP) is 1.96. The van der Waals surface area contributed by atoms with Crippen LogP contribution < -0.4 is 21.3 Å². The van der Waals surface area contributed by atoms with Crippen molar-refractivity contribution < 1.29 is 48.5 Å². The molecule has 1 heterocycles. The second-order valence-corrected chi connectivity index (χ2v) is 14.7. The molecule has 1 fully saturated rings. The van der Waals surface area contributed by atoms with Crippen molar-refractivity contribution in [1.29, 1.82) is 0 Å². The molecule has 1 saturated heterocycles. The zero-order valence-corrected chi connectivity index (χ0v) is 33.2. The summed E-state index contributed by atoms with van der Waals surface area (Å²) in [6.45, 7) is 9.15. The molecular weight excluding hydrogens is 686 g/mol. The number of nitrogens with zero attached hydrogens (tertiary/aromatic N) is 1. The Morgan fingerprint density at radius 2 is 1.43 bits per heavy atom. The molecule has 0 aromatic rings. The van der Waals surface area contributed by atoms with Crippen LogP contribution in [0.2, 0.25) is 0 Å². The molecule has 15 heteroatoms. The minimum absolute atomic E-state index is 0.142. The molecule has 0 aromatic heterocycles. The highest BCUT2D eigenvalue weighted by atomic mass is 16.5. The second kappa shape index (κ2) is 26.5. The minimum Gasteiger partial charge on any atom is -0.460 e. The van der Waals surface area contributed by atoms with Gasteiger partial charge in [-0.15, -0.1) is 0 Å². The number of ether oxygens (including phenoxy) is 2. The van der Waals surface area contributed by atoms with Gasteiger partial charge in [0.2, 0.25) is 29.5 Å². The lowest BCUT2D eigenvalue weighted by molar-refractivity contribution is -0.157. The Bertz CT molecular complexity index is 1140. The summed E-state index contributed by atoms with van der Waals surface area (Å²) in [5.74, 6) is -5.23. The fourth-order valence-corrected chi connectivity index (χ4v) is 6.14. The number of cyclic esters (lactones) is 1. The lowest BCUT2D eigenvalue weighted by Crippen LogP contribution is -2.61. The molecule has 0 saturated carbocycles. The predicted molar refractivity (Wildman–Crippen MR) is 200 cm³/mol. The van der Waals surface area contributed by atoms with Crippen molar-refractivity contribution in [3.05, 3.63) is 0 Å². The van der Waals surface area contributed by atoms with Crippen LogP contribution in [-0.4, -0.2) is 121 Å². The maximum absolute atomic E-state index is 14.1. The maximum atomic E-state index is 14.1. The van der Waals surface area contributed by atoms with Gasteiger partial charge in [0.15, 0.2) is 0 Å². The zero-order valence-electron chi connectivity index (χ0n) is 33.2. The van der Waals surface area contributed by atoms with Gasteiger partial charge in [0.05, 0.1) is 32.3 Å². The Hall–Kier alpha value is -3.30. The summed E-state index contributed by atoms with van der Waals surface area (Å²) in [7, 11) is 1.53. The number of aliphatic hydroxyl groups excluding tert-OH is 2. The van der Waals surface area contributed by atoms with Crippen molar-refractivity contribution in [2.75, 3.05) is 40.0 Å². The summed E-state index contributed by atoms with van der Waals surface area (Å²) in [6.07, 6.45) is 9.33. The molecule has 0 unspecified atom stereocenters. The van der Waals surface area contributed by atoms with Crippen molar-refractivity contribution in [2.24, 2.45) is 17.8 Å². The fraction of sp³-hybridized carbons (Fsp3) is 0.842. The van der Waals surface area contributed by atoms with E-state index in [1.807, 2.05) is 20.8 Å². The lowest BCUT2D eigenvalue weighted by Gasteiger charge is -2.34. The van der Waals surface area contributed by atoms with E-state index >= 15 is 0 Å². The van der Waals surface area contributed by atoms with Crippen molar-refractivity contribution >= 4 is 35.5 Å². The number of carbonyl (C=O) groups excluding carboxylic acids is 6. The number of likely N-dealkylation sites (N-methyl/N-ethyl adjacent to an activating group) is 1. The Morgan fingerprint density at radius 1 is 0.811 bits per heavy atom. The van der Waals surface area contributed by atoms with Crippen LogP contribution in [0.3, 0.4) is 0 Å². The smallest absolute Gasteiger partial charge is 0.325 e. The summed E-state index contributed by atoms with van der Waals surface area (Å²) in [5, 5.41) is 29.4. The number of esters is 1. The molecule has 53 heavy (non-hydrogen) atoms. The van der Waals surface area contributed by atoms with Gasteiger partial charge in [0.25, 0.3) is 0 Å². The van der Waals surface area contributed by atoms with E-state index in [0.717, 1.165) is 25.7 Å². The first-order valence-corrected chi connectivity index (χ1v) is 19.7. The number of aliphatic hydroxyl groups is 2. The molecule has 1 aliphatic rings. The molecule has 0 bridgehead atoms. The number of amides is 5. The molecule has 6 N–H and O–H groups in total. The van der Waals surface area contributed by atoms with Crippen LogP contribution >= 0.6 is 0 Å². The zero-order chi connectivity index (χ0) is 39.9. The normalized spacial score (nSPS) is 25.1. The highest BCUT2D eigenvalue weighted by Gasteiger charge is 2.38. The second-order valence-electron chi connectivity index (χ2n) is 14.7. The van der Waals surface area contributed by atoms with Gasteiger partial charge in [-0.1, -0.05) is 92.9 Å². The number of hydrogen-bond donors (Lipinski definition) is 6. The van der Waals surface area contributed by atoms with Crippen LogP contribution in [0, 0.1) is 17.8 Å². The van der Waals surface area contributed by atoms with Crippen LogP contribution in [0.5, 0.6) is 0 Å². The van der Waals surface area contributed by atoms with E-state index in [4.69, 9.17) is 14.6 Å². The van der Waals surface area contributed by atoms with E-state index in [1.54, 1.807) is 13.8 Å². The van der Waals surface area contributed by atoms with Gasteiger partial charge < -0.3 is 45.9 Å². The number of rotatable bonds is 19.